The highest BCUT2D eigenvalue weighted by Gasteiger charge is 2.26. The number of hydrogen-bond acceptors (Lipinski definition) is 4. The number of nitrogens with one attached hydrogen (secondary N) is 2. The zero-order chi connectivity index (χ0) is 22.6. The molecule has 0 unspecified atom stereocenters. The minimum Gasteiger partial charge on any atom is -0.340 e. The monoisotopic (exact) mass is 431 g/mol. The Labute approximate surface area is 178 Å². The molecule has 8 heteroatoms. The summed E-state index contributed by atoms with van der Waals surface area (Å²) in [4.78, 5) is 25.6. The Kier molecular flexibility index (Phi) is 7.39. The summed E-state index contributed by atoms with van der Waals surface area (Å²) < 4.78 is 26.2. The smallest absolute Gasteiger partial charge is 0.251 e. The van der Waals surface area contributed by atoms with Gasteiger partial charge in [-0.2, -0.15) is 0 Å². The van der Waals surface area contributed by atoms with Gasteiger partial charge in [-0.25, -0.2) is 12.7 Å². The first-order chi connectivity index (χ1) is 13.9. The first kappa shape index (κ1) is 23.6. The van der Waals surface area contributed by atoms with Crippen LogP contribution in [0, 0.1) is 19.8 Å². The van der Waals surface area contributed by atoms with E-state index in [0.717, 1.165) is 9.87 Å². The third-order valence-electron chi connectivity index (χ3n) is 4.73. The largest absolute Gasteiger partial charge is 0.340 e. The molecule has 2 aromatic carbocycles. The number of nitrogens with zero attached hydrogens (tertiary/aromatic N) is 1. The van der Waals surface area contributed by atoms with Gasteiger partial charge < -0.3 is 10.6 Å². The van der Waals surface area contributed by atoms with E-state index in [-0.39, 0.29) is 16.7 Å². The van der Waals surface area contributed by atoms with E-state index in [1.54, 1.807) is 37.3 Å². The van der Waals surface area contributed by atoms with Crippen molar-refractivity contribution >= 4 is 27.5 Å². The Morgan fingerprint density at radius 2 is 1.67 bits per heavy atom. The predicted octanol–water partition coefficient (Wildman–Crippen LogP) is 2.95. The molecule has 0 saturated carbocycles. The zero-order valence-corrected chi connectivity index (χ0v) is 19.0. The van der Waals surface area contributed by atoms with Crippen LogP contribution < -0.4 is 10.6 Å². The van der Waals surface area contributed by atoms with Crippen LogP contribution >= 0.6 is 0 Å². The fourth-order valence-electron chi connectivity index (χ4n) is 2.92. The summed E-state index contributed by atoms with van der Waals surface area (Å²) in [5, 5.41) is 5.51. The molecule has 162 valence electrons. The number of aryl methyl sites for hydroxylation is 2. The molecular formula is C22H29N3O4S. The molecule has 0 bridgehead atoms. The molecule has 7 nitrogen and oxygen atoms in total. The van der Waals surface area contributed by atoms with Gasteiger partial charge >= 0.3 is 0 Å². The van der Waals surface area contributed by atoms with E-state index in [9.17, 15) is 18.0 Å². The van der Waals surface area contributed by atoms with E-state index in [1.807, 2.05) is 26.8 Å². The van der Waals surface area contributed by atoms with Crippen molar-refractivity contribution in [2.24, 2.45) is 5.92 Å². The minimum absolute atomic E-state index is 0.121. The lowest BCUT2D eigenvalue weighted by atomic mass is 10.0. The van der Waals surface area contributed by atoms with Crippen molar-refractivity contribution in [1.82, 2.24) is 9.62 Å². The van der Waals surface area contributed by atoms with Gasteiger partial charge in [-0.3, -0.25) is 9.59 Å². The van der Waals surface area contributed by atoms with Crippen molar-refractivity contribution in [3.8, 4) is 0 Å². The molecule has 0 saturated heterocycles. The number of anilines is 1. The molecule has 0 heterocycles. The summed E-state index contributed by atoms with van der Waals surface area (Å²) in [5.41, 5.74) is 2.35. The summed E-state index contributed by atoms with van der Waals surface area (Å²) in [6.45, 7) is 7.25. The van der Waals surface area contributed by atoms with Crippen LogP contribution in [0.15, 0.2) is 47.4 Å². The molecule has 0 aliphatic carbocycles. The van der Waals surface area contributed by atoms with Gasteiger partial charge in [-0.05, 0) is 49.6 Å². The maximum absolute atomic E-state index is 12.9. The molecule has 0 aromatic heterocycles. The normalized spacial score (nSPS) is 12.7. The summed E-state index contributed by atoms with van der Waals surface area (Å²) in [6, 6.07) is 11.0. The van der Waals surface area contributed by atoms with Crippen LogP contribution in [0.3, 0.4) is 0 Å². The molecule has 2 N–H and O–H groups in total. The van der Waals surface area contributed by atoms with Crippen molar-refractivity contribution in [1.29, 1.82) is 0 Å². The highest BCUT2D eigenvalue weighted by atomic mass is 32.2. The second kappa shape index (κ2) is 9.40. The fourth-order valence-corrected chi connectivity index (χ4v) is 4.06. The SMILES string of the molecule is Cc1cccc(C(=O)N[C@H](C(=O)Nc2ccc(C)c(S(=O)(=O)N(C)C)c2)C(C)C)c1. The van der Waals surface area contributed by atoms with Crippen molar-refractivity contribution in [3.05, 3.63) is 59.2 Å². The van der Waals surface area contributed by atoms with Gasteiger partial charge in [0.2, 0.25) is 15.9 Å². The Hall–Kier alpha value is -2.71. The highest BCUT2D eigenvalue weighted by molar-refractivity contribution is 7.89. The lowest BCUT2D eigenvalue weighted by Gasteiger charge is -2.22. The Morgan fingerprint density at radius 1 is 1.00 bits per heavy atom. The lowest BCUT2D eigenvalue weighted by Crippen LogP contribution is -2.47. The first-order valence-corrected chi connectivity index (χ1v) is 11.1. The third kappa shape index (κ3) is 5.46. The third-order valence-corrected chi connectivity index (χ3v) is 6.69. The summed E-state index contributed by atoms with van der Waals surface area (Å²) in [7, 11) is -0.741. The van der Waals surface area contributed by atoms with Crippen LogP contribution in [0.5, 0.6) is 0 Å². The number of carbonyl (C=O) groups is 2. The number of rotatable bonds is 7. The zero-order valence-electron chi connectivity index (χ0n) is 18.2. The van der Waals surface area contributed by atoms with Crippen LogP contribution in [0.2, 0.25) is 0 Å². The quantitative estimate of drug-likeness (QED) is 0.705. The van der Waals surface area contributed by atoms with E-state index in [2.05, 4.69) is 10.6 Å². The Morgan fingerprint density at radius 3 is 2.23 bits per heavy atom. The second-order valence-electron chi connectivity index (χ2n) is 7.82. The number of sulfonamides is 1. The molecule has 2 rings (SSSR count). The van der Waals surface area contributed by atoms with Gasteiger partial charge in [0.05, 0.1) is 4.90 Å². The Bertz CT molecular complexity index is 1050. The highest BCUT2D eigenvalue weighted by Crippen LogP contribution is 2.23. The average molecular weight is 432 g/mol. The maximum Gasteiger partial charge on any atom is 0.251 e. The average Bonchev–Trinajstić information content (AvgIpc) is 2.66. The predicted molar refractivity (Wildman–Crippen MR) is 118 cm³/mol. The molecule has 0 aliphatic heterocycles. The van der Waals surface area contributed by atoms with E-state index >= 15 is 0 Å². The van der Waals surface area contributed by atoms with Crippen LogP contribution in [-0.2, 0) is 14.8 Å². The van der Waals surface area contributed by atoms with Crippen molar-refractivity contribution in [2.45, 2.75) is 38.6 Å². The van der Waals surface area contributed by atoms with Crippen LogP contribution in [0.4, 0.5) is 5.69 Å². The van der Waals surface area contributed by atoms with Crippen LogP contribution in [-0.4, -0.2) is 44.7 Å². The van der Waals surface area contributed by atoms with Crippen molar-refractivity contribution < 1.29 is 18.0 Å². The van der Waals surface area contributed by atoms with Crippen LogP contribution in [0.1, 0.15) is 35.3 Å². The molecule has 1 atom stereocenters. The van der Waals surface area contributed by atoms with Crippen molar-refractivity contribution in [2.75, 3.05) is 19.4 Å². The second-order valence-corrected chi connectivity index (χ2v) is 9.94. The number of amides is 2. The maximum atomic E-state index is 12.9. The summed E-state index contributed by atoms with van der Waals surface area (Å²) in [6.07, 6.45) is 0. The number of hydrogen-bond donors (Lipinski definition) is 2. The molecule has 0 fully saturated rings. The molecule has 0 spiro atoms. The van der Waals surface area contributed by atoms with Gasteiger partial charge in [0.15, 0.2) is 0 Å². The first-order valence-electron chi connectivity index (χ1n) is 9.65. The molecule has 0 aliphatic rings. The lowest BCUT2D eigenvalue weighted by molar-refractivity contribution is -0.118. The van der Waals surface area contributed by atoms with Gasteiger partial charge in [-0.1, -0.05) is 37.6 Å². The van der Waals surface area contributed by atoms with E-state index in [1.165, 1.54) is 20.2 Å². The minimum atomic E-state index is -3.65. The van der Waals surface area contributed by atoms with Crippen molar-refractivity contribution in [3.63, 3.8) is 0 Å². The molecular weight excluding hydrogens is 402 g/mol. The van der Waals surface area contributed by atoms with Crippen LogP contribution in [0.25, 0.3) is 0 Å². The van der Waals surface area contributed by atoms with E-state index in [0.29, 0.717) is 16.8 Å². The number of benzene rings is 2. The molecule has 30 heavy (non-hydrogen) atoms. The van der Waals surface area contributed by atoms with Gasteiger partial charge in [0, 0.05) is 25.3 Å². The molecule has 0 radical (unpaired) electrons. The molecule has 2 aromatic rings. The van der Waals surface area contributed by atoms with Gasteiger partial charge in [0.25, 0.3) is 5.91 Å². The summed E-state index contributed by atoms with van der Waals surface area (Å²) in [5.74, 6) is -0.926. The molecule has 2 amide bonds. The van der Waals surface area contributed by atoms with Gasteiger partial charge in [0.1, 0.15) is 6.04 Å². The van der Waals surface area contributed by atoms with E-state index < -0.39 is 22.0 Å². The number of carbonyl (C=O) groups excluding carboxylic acids is 2. The Balaban J connectivity index is 2.24. The van der Waals surface area contributed by atoms with Gasteiger partial charge in [-0.15, -0.1) is 0 Å². The fraction of sp³-hybridized carbons (Fsp3) is 0.364. The van der Waals surface area contributed by atoms with E-state index in [4.69, 9.17) is 0 Å². The topological polar surface area (TPSA) is 95.6 Å². The summed E-state index contributed by atoms with van der Waals surface area (Å²) >= 11 is 0. The standard InChI is InChI=1S/C22H29N3O4S/c1-14(2)20(24-21(26)17-9-7-8-15(3)12-17)22(27)23-18-11-10-16(4)19(13-18)30(28,29)25(5)6/h7-14,20H,1-6H3,(H,23,27)(H,24,26)/t20-/m0/s1.